The zero-order valence-corrected chi connectivity index (χ0v) is 11.8. The van der Waals surface area contributed by atoms with Crippen molar-refractivity contribution in [3.8, 4) is 0 Å². The molecule has 0 radical (unpaired) electrons. The van der Waals surface area contributed by atoms with Crippen LogP contribution in [0.3, 0.4) is 0 Å². The highest BCUT2D eigenvalue weighted by atomic mass is 79.9. The van der Waals surface area contributed by atoms with Crippen LogP contribution in [0.4, 0.5) is 14.5 Å². The Bertz CT molecular complexity index is 702. The van der Waals surface area contributed by atoms with Gasteiger partial charge in [-0.05, 0) is 36.4 Å². The topological polar surface area (TPSA) is 46.2 Å². The fourth-order valence-corrected chi connectivity index (χ4v) is 2.80. The molecule has 1 N–H and O–H groups in total. The lowest BCUT2D eigenvalue weighted by atomic mass is 10.3. The summed E-state index contributed by atoms with van der Waals surface area (Å²) in [6, 6.07) is 8.60. The van der Waals surface area contributed by atoms with E-state index < -0.39 is 26.6 Å². The van der Waals surface area contributed by atoms with E-state index in [1.54, 1.807) is 12.1 Å². The minimum absolute atomic E-state index is 0.284. The van der Waals surface area contributed by atoms with Gasteiger partial charge in [-0.1, -0.05) is 15.9 Å². The van der Waals surface area contributed by atoms with E-state index in [1.807, 2.05) is 0 Å². The summed E-state index contributed by atoms with van der Waals surface area (Å²) < 4.78 is 53.1. The van der Waals surface area contributed by atoms with Crippen molar-refractivity contribution < 1.29 is 17.2 Å². The van der Waals surface area contributed by atoms with Gasteiger partial charge in [-0.2, -0.15) is 0 Å². The number of sulfonamides is 1. The van der Waals surface area contributed by atoms with Crippen LogP contribution in [-0.2, 0) is 10.0 Å². The van der Waals surface area contributed by atoms with Gasteiger partial charge in [0.05, 0.1) is 0 Å². The lowest BCUT2D eigenvalue weighted by molar-refractivity contribution is 0.551. The minimum Gasteiger partial charge on any atom is -0.280 e. The lowest BCUT2D eigenvalue weighted by Crippen LogP contribution is -2.14. The van der Waals surface area contributed by atoms with Crippen molar-refractivity contribution in [2.75, 3.05) is 4.72 Å². The largest absolute Gasteiger partial charge is 0.280 e. The summed E-state index contributed by atoms with van der Waals surface area (Å²) in [5.41, 5.74) is 0.284. The van der Waals surface area contributed by atoms with Crippen LogP contribution in [0.1, 0.15) is 0 Å². The molecule has 0 aliphatic heterocycles. The molecule has 19 heavy (non-hydrogen) atoms. The predicted molar refractivity (Wildman–Crippen MR) is 71.3 cm³/mol. The first-order chi connectivity index (χ1) is 8.88. The standard InChI is InChI=1S/C12H8BrF2NO2S/c13-8-1-4-10(5-2-8)16-19(17,18)12-6-3-9(14)7-11(12)15/h1-7,16H. The second-order valence-electron chi connectivity index (χ2n) is 3.69. The molecule has 100 valence electrons. The second kappa shape index (κ2) is 5.26. The molecule has 0 aliphatic carbocycles. The van der Waals surface area contributed by atoms with Gasteiger partial charge >= 0.3 is 0 Å². The molecule has 0 spiro atoms. The van der Waals surface area contributed by atoms with E-state index in [9.17, 15) is 17.2 Å². The molecular weight excluding hydrogens is 340 g/mol. The molecule has 0 amide bonds. The van der Waals surface area contributed by atoms with Crippen LogP contribution in [0.5, 0.6) is 0 Å². The first-order valence-corrected chi connectivity index (χ1v) is 7.39. The van der Waals surface area contributed by atoms with Crippen molar-refractivity contribution >= 4 is 31.6 Å². The highest BCUT2D eigenvalue weighted by Crippen LogP contribution is 2.21. The Balaban J connectivity index is 2.35. The average Bonchev–Trinajstić information content (AvgIpc) is 2.31. The summed E-state index contributed by atoms with van der Waals surface area (Å²) in [5.74, 6) is -1.97. The Morgan fingerprint density at radius 2 is 1.63 bits per heavy atom. The molecule has 7 heteroatoms. The molecule has 2 aromatic carbocycles. The van der Waals surface area contributed by atoms with E-state index in [4.69, 9.17) is 0 Å². The van der Waals surface area contributed by atoms with Crippen molar-refractivity contribution in [1.82, 2.24) is 0 Å². The van der Waals surface area contributed by atoms with Gasteiger partial charge in [0.1, 0.15) is 16.5 Å². The van der Waals surface area contributed by atoms with E-state index >= 15 is 0 Å². The zero-order valence-electron chi connectivity index (χ0n) is 9.40. The molecule has 0 saturated carbocycles. The van der Waals surface area contributed by atoms with Gasteiger partial charge in [0, 0.05) is 16.2 Å². The fourth-order valence-electron chi connectivity index (χ4n) is 1.42. The van der Waals surface area contributed by atoms with Crippen molar-refractivity contribution in [1.29, 1.82) is 0 Å². The molecule has 0 saturated heterocycles. The van der Waals surface area contributed by atoms with Gasteiger partial charge in [0.2, 0.25) is 0 Å². The normalized spacial score (nSPS) is 11.3. The molecule has 0 bridgehead atoms. The zero-order chi connectivity index (χ0) is 14.0. The first-order valence-electron chi connectivity index (χ1n) is 5.12. The fraction of sp³-hybridized carbons (Fsp3) is 0. The van der Waals surface area contributed by atoms with Gasteiger partial charge in [0.15, 0.2) is 0 Å². The number of hydrogen-bond acceptors (Lipinski definition) is 2. The Morgan fingerprint density at radius 1 is 1.00 bits per heavy atom. The molecule has 0 aromatic heterocycles. The second-order valence-corrected chi connectivity index (χ2v) is 6.25. The third kappa shape index (κ3) is 3.30. The molecule has 0 fully saturated rings. The number of rotatable bonds is 3. The third-order valence-corrected chi connectivity index (χ3v) is 4.22. The summed E-state index contributed by atoms with van der Waals surface area (Å²) >= 11 is 3.21. The van der Waals surface area contributed by atoms with Crippen molar-refractivity contribution in [3.63, 3.8) is 0 Å². The van der Waals surface area contributed by atoms with Crippen LogP contribution in [0.2, 0.25) is 0 Å². The lowest BCUT2D eigenvalue weighted by Gasteiger charge is -2.08. The van der Waals surface area contributed by atoms with Crippen LogP contribution in [0.25, 0.3) is 0 Å². The minimum atomic E-state index is -4.08. The van der Waals surface area contributed by atoms with Crippen LogP contribution >= 0.6 is 15.9 Å². The molecule has 0 unspecified atom stereocenters. The maximum atomic E-state index is 13.4. The number of halogens is 3. The Kier molecular flexibility index (Phi) is 3.86. The van der Waals surface area contributed by atoms with Gasteiger partial charge in [-0.15, -0.1) is 0 Å². The van der Waals surface area contributed by atoms with Crippen LogP contribution < -0.4 is 4.72 Å². The SMILES string of the molecule is O=S(=O)(Nc1ccc(Br)cc1)c1ccc(F)cc1F. The molecule has 0 atom stereocenters. The Hall–Kier alpha value is -1.47. The van der Waals surface area contributed by atoms with E-state index in [1.165, 1.54) is 12.1 Å². The summed E-state index contributed by atoms with van der Waals surface area (Å²) in [4.78, 5) is -0.600. The molecule has 2 rings (SSSR count). The molecule has 2 aromatic rings. The van der Waals surface area contributed by atoms with Crippen molar-refractivity contribution in [2.45, 2.75) is 4.90 Å². The quantitative estimate of drug-likeness (QED) is 0.923. The van der Waals surface area contributed by atoms with Gasteiger partial charge < -0.3 is 0 Å². The molecule has 3 nitrogen and oxygen atoms in total. The first kappa shape index (κ1) is 14.0. The van der Waals surface area contributed by atoms with E-state index in [2.05, 4.69) is 20.7 Å². The van der Waals surface area contributed by atoms with Crippen LogP contribution in [0.15, 0.2) is 51.8 Å². The monoisotopic (exact) mass is 347 g/mol. The summed E-state index contributed by atoms with van der Waals surface area (Å²) in [6.07, 6.45) is 0. The van der Waals surface area contributed by atoms with Crippen molar-refractivity contribution in [3.05, 3.63) is 58.6 Å². The summed E-state index contributed by atoms with van der Waals surface area (Å²) in [5, 5.41) is 0. The number of benzene rings is 2. The third-order valence-electron chi connectivity index (χ3n) is 2.28. The van der Waals surface area contributed by atoms with Crippen LogP contribution in [0, 0.1) is 11.6 Å². The van der Waals surface area contributed by atoms with E-state index in [-0.39, 0.29) is 5.69 Å². The van der Waals surface area contributed by atoms with Gasteiger partial charge in [-0.25, -0.2) is 17.2 Å². The predicted octanol–water partition coefficient (Wildman–Crippen LogP) is 3.53. The highest BCUT2D eigenvalue weighted by molar-refractivity contribution is 9.10. The van der Waals surface area contributed by atoms with E-state index in [0.29, 0.717) is 6.07 Å². The summed E-state index contributed by atoms with van der Waals surface area (Å²) in [6.45, 7) is 0. The van der Waals surface area contributed by atoms with Crippen LogP contribution in [-0.4, -0.2) is 8.42 Å². The molecule has 0 aliphatic rings. The van der Waals surface area contributed by atoms with E-state index in [0.717, 1.165) is 16.6 Å². The smallest absolute Gasteiger partial charge is 0.264 e. The number of hydrogen-bond donors (Lipinski definition) is 1. The number of nitrogens with one attached hydrogen (secondary N) is 1. The average molecular weight is 348 g/mol. The molecular formula is C12H8BrF2NO2S. The maximum absolute atomic E-state index is 13.4. The Morgan fingerprint density at radius 3 is 2.21 bits per heavy atom. The maximum Gasteiger partial charge on any atom is 0.264 e. The van der Waals surface area contributed by atoms with Crippen molar-refractivity contribution in [2.24, 2.45) is 0 Å². The Labute approximate surface area is 117 Å². The summed E-state index contributed by atoms with van der Waals surface area (Å²) in [7, 11) is -4.08. The number of anilines is 1. The highest BCUT2D eigenvalue weighted by Gasteiger charge is 2.19. The van der Waals surface area contributed by atoms with Gasteiger partial charge in [0.25, 0.3) is 10.0 Å². The molecule has 0 heterocycles. The van der Waals surface area contributed by atoms with Gasteiger partial charge in [-0.3, -0.25) is 4.72 Å².